The fourth-order valence-electron chi connectivity index (χ4n) is 1.32. The highest BCUT2D eigenvalue weighted by molar-refractivity contribution is 7.98. The zero-order valence-corrected chi connectivity index (χ0v) is 12.1. The lowest BCUT2D eigenvalue weighted by molar-refractivity contribution is -0.123. The van der Waals surface area contributed by atoms with Crippen molar-refractivity contribution in [3.63, 3.8) is 0 Å². The van der Waals surface area contributed by atoms with Gasteiger partial charge in [0.1, 0.15) is 6.04 Å². The van der Waals surface area contributed by atoms with Crippen molar-refractivity contribution >= 4 is 30.1 Å². The predicted molar refractivity (Wildman–Crippen MR) is 77.2 cm³/mol. The Bertz CT molecular complexity index is 360. The third kappa shape index (κ3) is 5.73. The third-order valence-electron chi connectivity index (χ3n) is 2.31. The van der Waals surface area contributed by atoms with Crippen LogP contribution in [0, 0.1) is 0 Å². The Morgan fingerprint density at radius 3 is 2.56 bits per heavy atom. The van der Waals surface area contributed by atoms with Gasteiger partial charge in [-0.2, -0.15) is 0 Å². The van der Waals surface area contributed by atoms with Crippen LogP contribution in [-0.4, -0.2) is 31.9 Å². The molecule has 1 atom stereocenters. The van der Waals surface area contributed by atoms with E-state index in [1.54, 1.807) is 11.8 Å². The maximum Gasteiger partial charge on any atom is 0.239 e. The summed E-state index contributed by atoms with van der Waals surface area (Å²) in [6.07, 6.45) is 2.03. The fraction of sp³-hybridized carbons (Fsp3) is 0.417. The number of nitrogens with two attached hydrogens (primary N) is 1. The third-order valence-corrected chi connectivity index (χ3v) is 3.05. The molecule has 1 aromatic carbocycles. The predicted octanol–water partition coefficient (Wildman–Crippen LogP) is 1.42. The Kier molecular flexibility index (Phi) is 8.83. The summed E-state index contributed by atoms with van der Waals surface area (Å²) < 4.78 is 4.82. The number of halogens is 1. The zero-order valence-electron chi connectivity index (χ0n) is 10.5. The van der Waals surface area contributed by atoms with E-state index in [-0.39, 0.29) is 24.9 Å². The number of thioether (sulfide) groups is 1. The van der Waals surface area contributed by atoms with Crippen LogP contribution in [-0.2, 0) is 16.1 Å². The number of amides is 1. The van der Waals surface area contributed by atoms with Gasteiger partial charge in [0.25, 0.3) is 0 Å². The topological polar surface area (TPSA) is 64.3 Å². The second-order valence-corrected chi connectivity index (χ2v) is 4.51. The summed E-state index contributed by atoms with van der Waals surface area (Å²) >= 11 is 1.69. The molecule has 102 valence electrons. The number of hydrogen-bond acceptors (Lipinski definition) is 4. The number of nitrogens with one attached hydrogen (secondary N) is 1. The molecule has 1 rings (SSSR count). The summed E-state index contributed by atoms with van der Waals surface area (Å²) in [5.41, 5.74) is 6.65. The second-order valence-electron chi connectivity index (χ2n) is 3.63. The van der Waals surface area contributed by atoms with Gasteiger partial charge in [0.15, 0.2) is 0 Å². The van der Waals surface area contributed by atoms with Crippen LogP contribution >= 0.6 is 24.2 Å². The summed E-state index contributed by atoms with van der Waals surface area (Å²) in [5.74, 6) is -0.194. The number of methoxy groups -OCH3 is 1. The minimum atomic E-state index is -0.606. The van der Waals surface area contributed by atoms with Crippen LogP contribution in [0.2, 0.25) is 0 Å². The first-order valence-corrected chi connectivity index (χ1v) is 6.55. The molecule has 0 aliphatic rings. The van der Waals surface area contributed by atoms with E-state index in [2.05, 4.69) is 5.32 Å². The highest BCUT2D eigenvalue weighted by Crippen LogP contribution is 2.14. The van der Waals surface area contributed by atoms with Crippen molar-refractivity contribution in [3.8, 4) is 0 Å². The molecule has 4 nitrogen and oxygen atoms in total. The highest BCUT2D eigenvalue weighted by atomic mass is 35.5. The summed E-state index contributed by atoms with van der Waals surface area (Å²) in [6, 6.07) is 7.44. The smallest absolute Gasteiger partial charge is 0.239 e. The monoisotopic (exact) mass is 290 g/mol. The van der Waals surface area contributed by atoms with Crippen molar-refractivity contribution in [1.29, 1.82) is 0 Å². The Labute approximate surface area is 118 Å². The number of hydrogen-bond donors (Lipinski definition) is 2. The number of benzene rings is 1. The van der Waals surface area contributed by atoms with Gasteiger partial charge in [0.2, 0.25) is 5.91 Å². The Morgan fingerprint density at radius 1 is 1.44 bits per heavy atom. The van der Waals surface area contributed by atoms with E-state index >= 15 is 0 Å². The van der Waals surface area contributed by atoms with Gasteiger partial charge < -0.3 is 15.8 Å². The summed E-state index contributed by atoms with van der Waals surface area (Å²) in [5, 5.41) is 2.77. The van der Waals surface area contributed by atoms with Gasteiger partial charge in [-0.1, -0.05) is 12.1 Å². The van der Waals surface area contributed by atoms with Gasteiger partial charge in [0.05, 0.1) is 6.61 Å². The number of ether oxygens (including phenoxy) is 1. The molecule has 0 aliphatic heterocycles. The largest absolute Gasteiger partial charge is 0.383 e. The van der Waals surface area contributed by atoms with Gasteiger partial charge in [-0.3, -0.25) is 4.79 Å². The molecule has 0 aromatic heterocycles. The maximum atomic E-state index is 11.5. The molecule has 0 spiro atoms. The van der Waals surface area contributed by atoms with E-state index in [4.69, 9.17) is 10.5 Å². The molecule has 0 saturated heterocycles. The lowest BCUT2D eigenvalue weighted by Crippen LogP contribution is -2.43. The molecular formula is C12H19ClN2O2S. The van der Waals surface area contributed by atoms with Gasteiger partial charge in [-0.15, -0.1) is 24.2 Å². The van der Waals surface area contributed by atoms with Crippen molar-refractivity contribution in [1.82, 2.24) is 5.32 Å². The number of rotatable bonds is 6. The van der Waals surface area contributed by atoms with Gasteiger partial charge in [0, 0.05) is 18.6 Å². The average Bonchev–Trinajstić information content (AvgIpc) is 2.36. The van der Waals surface area contributed by atoms with Crippen LogP contribution in [0.4, 0.5) is 0 Å². The van der Waals surface area contributed by atoms with Crippen molar-refractivity contribution in [2.45, 2.75) is 17.5 Å². The van der Waals surface area contributed by atoms with E-state index in [0.29, 0.717) is 6.54 Å². The molecule has 1 unspecified atom stereocenters. The van der Waals surface area contributed by atoms with Crippen molar-refractivity contribution < 1.29 is 9.53 Å². The molecule has 0 aliphatic carbocycles. The Balaban J connectivity index is 0.00000289. The SMILES string of the molecule is COCC(N)C(=O)NCc1ccc(SC)cc1.Cl. The highest BCUT2D eigenvalue weighted by Gasteiger charge is 2.11. The lowest BCUT2D eigenvalue weighted by atomic mass is 10.2. The molecule has 0 heterocycles. The van der Waals surface area contributed by atoms with Crippen LogP contribution in [0.15, 0.2) is 29.2 Å². The molecule has 0 fully saturated rings. The first-order valence-electron chi connectivity index (χ1n) is 5.32. The van der Waals surface area contributed by atoms with Gasteiger partial charge >= 0.3 is 0 Å². The molecular weight excluding hydrogens is 272 g/mol. The first-order chi connectivity index (χ1) is 8.17. The zero-order chi connectivity index (χ0) is 12.7. The molecule has 1 amide bonds. The molecule has 0 bridgehead atoms. The summed E-state index contributed by atoms with van der Waals surface area (Å²) in [6.45, 7) is 0.724. The maximum absolute atomic E-state index is 11.5. The number of carbonyl (C=O) groups excluding carboxylic acids is 1. The van der Waals surface area contributed by atoms with E-state index < -0.39 is 6.04 Å². The minimum Gasteiger partial charge on any atom is -0.383 e. The lowest BCUT2D eigenvalue weighted by Gasteiger charge is -2.11. The molecule has 18 heavy (non-hydrogen) atoms. The van der Waals surface area contributed by atoms with Crippen molar-refractivity contribution in [2.75, 3.05) is 20.0 Å². The summed E-state index contributed by atoms with van der Waals surface area (Å²) in [4.78, 5) is 12.7. The Hall–Kier alpha value is -0.750. The molecule has 0 radical (unpaired) electrons. The standard InChI is InChI=1S/C12H18N2O2S.ClH/c1-16-8-11(13)12(15)14-7-9-3-5-10(17-2)6-4-9;/h3-6,11H,7-8,13H2,1-2H3,(H,14,15);1H. The van der Waals surface area contributed by atoms with E-state index in [0.717, 1.165) is 5.56 Å². The van der Waals surface area contributed by atoms with Gasteiger partial charge in [-0.25, -0.2) is 0 Å². The molecule has 6 heteroatoms. The molecule has 1 aromatic rings. The first kappa shape index (κ1) is 17.2. The second kappa shape index (κ2) is 9.22. The van der Waals surface area contributed by atoms with Crippen molar-refractivity contribution in [2.24, 2.45) is 5.73 Å². The van der Waals surface area contributed by atoms with Gasteiger partial charge in [-0.05, 0) is 24.0 Å². The normalized spacial score (nSPS) is 11.5. The van der Waals surface area contributed by atoms with E-state index in [1.165, 1.54) is 12.0 Å². The van der Waals surface area contributed by atoms with Crippen molar-refractivity contribution in [3.05, 3.63) is 29.8 Å². The average molecular weight is 291 g/mol. The van der Waals surface area contributed by atoms with Crippen LogP contribution in [0.3, 0.4) is 0 Å². The summed E-state index contributed by atoms with van der Waals surface area (Å²) in [7, 11) is 1.52. The van der Waals surface area contributed by atoms with Crippen LogP contribution in [0.5, 0.6) is 0 Å². The minimum absolute atomic E-state index is 0. The molecule has 3 N–H and O–H groups in total. The number of carbonyl (C=O) groups is 1. The Morgan fingerprint density at radius 2 is 2.06 bits per heavy atom. The van der Waals surface area contributed by atoms with Crippen LogP contribution in [0.1, 0.15) is 5.56 Å². The fourth-order valence-corrected chi connectivity index (χ4v) is 1.73. The quantitative estimate of drug-likeness (QED) is 0.778. The molecule has 0 saturated carbocycles. The van der Waals surface area contributed by atoms with Crippen LogP contribution in [0.25, 0.3) is 0 Å². The van der Waals surface area contributed by atoms with E-state index in [1.807, 2.05) is 30.5 Å². The van der Waals surface area contributed by atoms with Crippen LogP contribution < -0.4 is 11.1 Å². The van der Waals surface area contributed by atoms with E-state index in [9.17, 15) is 4.79 Å².